The molecule has 0 bridgehead atoms. The highest BCUT2D eigenvalue weighted by Gasteiger charge is 2.57. The predicted octanol–water partition coefficient (Wildman–Crippen LogP) is 3.67. The van der Waals surface area contributed by atoms with Gasteiger partial charge in [0.25, 0.3) is 5.91 Å². The molecule has 1 spiro atoms. The minimum Gasteiger partial charge on any atom is -0.391 e. The quantitative estimate of drug-likeness (QED) is 0.461. The molecule has 3 heterocycles. The van der Waals surface area contributed by atoms with E-state index in [1.165, 1.54) is 17.0 Å². The number of hydrogen-bond acceptors (Lipinski definition) is 4. The summed E-state index contributed by atoms with van der Waals surface area (Å²) in [5, 5.41) is 13.9. The Labute approximate surface area is 220 Å². The zero-order valence-corrected chi connectivity index (χ0v) is 22.0. The molecule has 1 saturated heterocycles. The van der Waals surface area contributed by atoms with Gasteiger partial charge in [-0.2, -0.15) is 0 Å². The molecule has 0 radical (unpaired) electrons. The van der Waals surface area contributed by atoms with Gasteiger partial charge < -0.3 is 25.2 Å². The molecule has 5 rings (SSSR count). The summed E-state index contributed by atoms with van der Waals surface area (Å²) < 4.78 is 14.3. The van der Waals surface area contributed by atoms with Gasteiger partial charge in [0, 0.05) is 30.2 Å². The predicted molar refractivity (Wildman–Crippen MR) is 142 cm³/mol. The molecule has 200 valence electrons. The van der Waals surface area contributed by atoms with E-state index in [0.717, 1.165) is 5.56 Å². The second kappa shape index (κ2) is 9.54. The smallest absolute Gasteiger partial charge is 0.270 e. The molecule has 0 saturated carbocycles. The zero-order valence-electron chi connectivity index (χ0n) is 22.0. The lowest BCUT2D eigenvalue weighted by atomic mass is 9.79. The fourth-order valence-corrected chi connectivity index (χ4v) is 5.97. The Morgan fingerprint density at radius 2 is 1.92 bits per heavy atom. The number of aliphatic hydroxyl groups is 1. The van der Waals surface area contributed by atoms with E-state index in [2.05, 4.69) is 10.3 Å². The summed E-state index contributed by atoms with van der Waals surface area (Å²) >= 11 is 0. The van der Waals surface area contributed by atoms with Gasteiger partial charge >= 0.3 is 0 Å². The molecule has 2 unspecified atom stereocenters. The van der Waals surface area contributed by atoms with Crippen molar-refractivity contribution in [1.29, 1.82) is 0 Å². The summed E-state index contributed by atoms with van der Waals surface area (Å²) in [7, 11) is 1.57. The fraction of sp³-hybridized carbons (Fsp3) is 0.414. The van der Waals surface area contributed by atoms with Gasteiger partial charge in [-0.15, -0.1) is 0 Å². The summed E-state index contributed by atoms with van der Waals surface area (Å²) in [6.07, 6.45) is -0.211. The summed E-state index contributed by atoms with van der Waals surface area (Å²) in [6.45, 7) is 5.66. The molecule has 3 amide bonds. The van der Waals surface area contributed by atoms with Crippen LogP contribution in [0.25, 0.3) is 10.9 Å². The van der Waals surface area contributed by atoms with Gasteiger partial charge in [0.15, 0.2) is 0 Å². The summed E-state index contributed by atoms with van der Waals surface area (Å²) in [5.74, 6) is -1.31. The number of benzene rings is 2. The first kappa shape index (κ1) is 25.9. The molecule has 2 aliphatic heterocycles. The average molecular weight is 521 g/mol. The molecule has 0 aliphatic carbocycles. The lowest BCUT2D eigenvalue weighted by Gasteiger charge is -2.35. The van der Waals surface area contributed by atoms with Gasteiger partial charge in [-0.1, -0.05) is 38.1 Å². The third-order valence-corrected chi connectivity index (χ3v) is 7.97. The minimum atomic E-state index is -0.965. The lowest BCUT2D eigenvalue weighted by Crippen LogP contribution is -2.53. The number of nitrogens with one attached hydrogen (secondary N) is 2. The summed E-state index contributed by atoms with van der Waals surface area (Å²) in [6, 6.07) is 12.0. The molecule has 9 heteroatoms. The Kier molecular flexibility index (Phi) is 6.51. The number of amides is 3. The van der Waals surface area contributed by atoms with E-state index in [-0.39, 0.29) is 36.4 Å². The van der Waals surface area contributed by atoms with Crippen LogP contribution in [0.15, 0.2) is 48.5 Å². The van der Waals surface area contributed by atoms with Crippen LogP contribution < -0.4 is 5.32 Å². The molecule has 4 atom stereocenters. The maximum atomic E-state index is 14.3. The maximum absolute atomic E-state index is 14.3. The first-order valence-electron chi connectivity index (χ1n) is 13.0. The first-order valence-corrected chi connectivity index (χ1v) is 13.0. The average Bonchev–Trinajstić information content (AvgIpc) is 3.57. The van der Waals surface area contributed by atoms with Crippen LogP contribution in [-0.4, -0.2) is 69.4 Å². The monoisotopic (exact) mass is 520 g/mol. The molecule has 3 aromatic rings. The van der Waals surface area contributed by atoms with Crippen molar-refractivity contribution in [3.8, 4) is 0 Å². The van der Waals surface area contributed by atoms with Gasteiger partial charge in [0.05, 0.1) is 17.6 Å². The van der Waals surface area contributed by atoms with E-state index in [0.29, 0.717) is 23.0 Å². The van der Waals surface area contributed by atoms with Gasteiger partial charge in [0.1, 0.15) is 17.6 Å². The van der Waals surface area contributed by atoms with Gasteiger partial charge in [-0.3, -0.25) is 14.4 Å². The molecule has 1 fully saturated rings. The van der Waals surface area contributed by atoms with Crippen LogP contribution in [0.3, 0.4) is 0 Å². The van der Waals surface area contributed by atoms with Crippen LogP contribution in [0.2, 0.25) is 0 Å². The van der Waals surface area contributed by atoms with Crippen molar-refractivity contribution in [3.05, 3.63) is 65.6 Å². The minimum absolute atomic E-state index is 0.0800. The standard InChI is InChI=1S/C29H33FN4O4/c1-16(2)12-24(33(4)26(36)23-13-18-20(30)9-7-11-21(18)31-23)27(37)34-15-29(14-25(34)17(3)35)19-8-5-6-10-22(19)32-28(29)38/h5-11,13,16-17,24-25,31,35H,12,14-15H2,1-4H3,(H,32,38)/t17?,24?,25-,29-/m0/s1. The van der Waals surface area contributed by atoms with Crippen LogP contribution in [0.5, 0.6) is 0 Å². The molecule has 1 aromatic heterocycles. The highest BCUT2D eigenvalue weighted by Crippen LogP contribution is 2.47. The van der Waals surface area contributed by atoms with Crippen LogP contribution >= 0.6 is 0 Å². The molecule has 2 aromatic carbocycles. The summed E-state index contributed by atoms with van der Waals surface area (Å²) in [5.41, 5.74) is 1.25. The number of anilines is 1. The van der Waals surface area contributed by atoms with Crippen molar-refractivity contribution in [1.82, 2.24) is 14.8 Å². The Hall–Kier alpha value is -3.72. The zero-order chi connectivity index (χ0) is 27.4. The maximum Gasteiger partial charge on any atom is 0.270 e. The summed E-state index contributed by atoms with van der Waals surface area (Å²) in [4.78, 5) is 46.9. The largest absolute Gasteiger partial charge is 0.391 e. The number of rotatable bonds is 6. The fourth-order valence-electron chi connectivity index (χ4n) is 5.97. The number of aliphatic hydroxyl groups excluding tert-OH is 1. The number of likely N-dealkylation sites (N-methyl/N-ethyl adjacent to an activating group) is 1. The number of H-pyrrole nitrogens is 1. The van der Waals surface area contributed by atoms with E-state index in [1.807, 2.05) is 38.1 Å². The SMILES string of the molecule is CC(C)CC(C(=O)N1C[C@]2(C[C@H]1C(C)O)C(=O)Nc1ccccc12)N(C)C(=O)c1cc2c(F)cccc2[nH]1. The number of carbonyl (C=O) groups excluding carboxylic acids is 3. The number of hydrogen-bond donors (Lipinski definition) is 3. The normalized spacial score (nSPS) is 22.1. The third-order valence-electron chi connectivity index (χ3n) is 7.97. The van der Waals surface area contributed by atoms with Crippen molar-refractivity contribution in [3.63, 3.8) is 0 Å². The van der Waals surface area contributed by atoms with Gasteiger partial charge in [-0.25, -0.2) is 4.39 Å². The van der Waals surface area contributed by atoms with E-state index < -0.39 is 35.3 Å². The Morgan fingerprint density at radius 1 is 1.18 bits per heavy atom. The molecular weight excluding hydrogens is 487 g/mol. The van der Waals surface area contributed by atoms with Crippen LogP contribution in [0.1, 0.15) is 49.7 Å². The number of likely N-dealkylation sites (tertiary alicyclic amines) is 1. The molecule has 3 N–H and O–H groups in total. The van der Waals surface area contributed by atoms with Crippen molar-refractivity contribution in [2.45, 2.75) is 57.2 Å². The second-order valence-corrected chi connectivity index (χ2v) is 11.0. The van der Waals surface area contributed by atoms with Crippen LogP contribution in [0.4, 0.5) is 10.1 Å². The van der Waals surface area contributed by atoms with Crippen LogP contribution in [0, 0.1) is 11.7 Å². The highest BCUT2D eigenvalue weighted by atomic mass is 19.1. The van der Waals surface area contributed by atoms with E-state index in [4.69, 9.17) is 0 Å². The number of halogens is 1. The number of fused-ring (bicyclic) bond motifs is 3. The molecule has 2 aliphatic rings. The van der Waals surface area contributed by atoms with Crippen molar-refractivity contribution in [2.24, 2.45) is 5.92 Å². The van der Waals surface area contributed by atoms with Crippen molar-refractivity contribution >= 4 is 34.3 Å². The second-order valence-electron chi connectivity index (χ2n) is 11.0. The number of nitrogens with zero attached hydrogens (tertiary/aromatic N) is 2. The van der Waals surface area contributed by atoms with Gasteiger partial charge in [-0.05, 0) is 55.5 Å². The molecule has 38 heavy (non-hydrogen) atoms. The third kappa shape index (κ3) is 4.15. The van der Waals surface area contributed by atoms with Crippen molar-refractivity contribution in [2.75, 3.05) is 18.9 Å². The topological polar surface area (TPSA) is 106 Å². The van der Waals surface area contributed by atoms with E-state index in [1.54, 1.807) is 31.0 Å². The number of carbonyl (C=O) groups is 3. The van der Waals surface area contributed by atoms with E-state index >= 15 is 0 Å². The number of aromatic amines is 1. The highest BCUT2D eigenvalue weighted by molar-refractivity contribution is 6.07. The number of para-hydroxylation sites is 1. The Bertz CT molecular complexity index is 1420. The molecule has 8 nitrogen and oxygen atoms in total. The van der Waals surface area contributed by atoms with E-state index in [9.17, 15) is 23.9 Å². The van der Waals surface area contributed by atoms with Gasteiger partial charge in [0.2, 0.25) is 11.8 Å². The number of aromatic nitrogens is 1. The molecular formula is C29H33FN4O4. The Balaban J connectivity index is 1.48. The lowest BCUT2D eigenvalue weighted by molar-refractivity contribution is -0.139. The van der Waals surface area contributed by atoms with Crippen molar-refractivity contribution < 1.29 is 23.9 Å². The first-order chi connectivity index (χ1) is 18.0. The van der Waals surface area contributed by atoms with Crippen LogP contribution in [-0.2, 0) is 15.0 Å². The Morgan fingerprint density at radius 3 is 2.61 bits per heavy atom.